The zero-order valence-corrected chi connectivity index (χ0v) is 14.3. The smallest absolute Gasteiger partial charge is 0.377 e. The average molecular weight is 358 g/mol. The van der Waals surface area contributed by atoms with Crippen LogP contribution in [0.3, 0.4) is 0 Å². The molecule has 0 fully saturated rings. The van der Waals surface area contributed by atoms with Crippen molar-refractivity contribution in [1.82, 2.24) is 4.57 Å². The third kappa shape index (κ3) is 3.23. The second kappa shape index (κ2) is 6.99. The summed E-state index contributed by atoms with van der Waals surface area (Å²) in [4.78, 5) is 23.6. The van der Waals surface area contributed by atoms with Crippen molar-refractivity contribution in [3.63, 3.8) is 0 Å². The highest BCUT2D eigenvalue weighted by molar-refractivity contribution is 6.42. The number of carboxylic acid groups (broad SMARTS) is 1. The Bertz CT molecular complexity index is 944. The van der Waals surface area contributed by atoms with E-state index in [9.17, 15) is 14.7 Å². The van der Waals surface area contributed by atoms with E-state index in [0.29, 0.717) is 28.4 Å². The molecule has 0 amide bonds. The Labute approximate surface area is 149 Å². The molecule has 0 unspecified atom stereocenters. The van der Waals surface area contributed by atoms with Gasteiger partial charge in [-0.2, -0.15) is 0 Å². The average Bonchev–Trinajstić information content (AvgIpc) is 2.93. The fourth-order valence-corrected chi connectivity index (χ4v) is 3.04. The van der Waals surface area contributed by atoms with Crippen LogP contribution >= 0.6 is 11.6 Å². The molecule has 2 aromatic carbocycles. The van der Waals surface area contributed by atoms with Gasteiger partial charge in [-0.25, -0.2) is 4.79 Å². The van der Waals surface area contributed by atoms with Gasteiger partial charge in [0.05, 0.1) is 11.3 Å². The van der Waals surface area contributed by atoms with Crippen LogP contribution in [0.4, 0.5) is 0 Å². The van der Waals surface area contributed by atoms with Gasteiger partial charge in [0, 0.05) is 22.5 Å². The molecule has 0 radical (unpaired) electrons. The van der Waals surface area contributed by atoms with Crippen molar-refractivity contribution in [3.05, 3.63) is 64.8 Å². The van der Waals surface area contributed by atoms with Gasteiger partial charge in [0.2, 0.25) is 0 Å². The Kier molecular flexibility index (Phi) is 4.76. The number of benzene rings is 2. The van der Waals surface area contributed by atoms with Crippen LogP contribution in [0, 0.1) is 0 Å². The van der Waals surface area contributed by atoms with E-state index in [0.717, 1.165) is 5.52 Å². The molecule has 0 aliphatic carbocycles. The highest BCUT2D eigenvalue weighted by Crippen LogP contribution is 2.28. The number of aromatic nitrogens is 1. The monoisotopic (exact) mass is 357 g/mol. The van der Waals surface area contributed by atoms with Crippen LogP contribution in [0.25, 0.3) is 10.9 Å². The molecule has 128 valence electrons. The molecule has 6 heteroatoms. The van der Waals surface area contributed by atoms with Gasteiger partial charge in [-0.15, -0.1) is 0 Å². The number of Topliss-reactive ketones (excluding diaryl/α,β-unsaturated/α-hetero) is 1. The second-order valence-electron chi connectivity index (χ2n) is 5.46. The van der Waals surface area contributed by atoms with Gasteiger partial charge in [-0.3, -0.25) is 4.79 Å². The minimum atomic E-state index is -1.48. The minimum absolute atomic E-state index is 0.0819. The number of rotatable bonds is 6. The molecule has 3 rings (SSSR count). The summed E-state index contributed by atoms with van der Waals surface area (Å²) >= 11 is 5.86. The molecule has 1 aromatic heterocycles. The van der Waals surface area contributed by atoms with Gasteiger partial charge >= 0.3 is 5.97 Å². The number of aliphatic carboxylic acids is 1. The summed E-state index contributed by atoms with van der Waals surface area (Å²) in [6.45, 7) is 2.61. The Hall–Kier alpha value is -2.79. The van der Waals surface area contributed by atoms with Crippen molar-refractivity contribution < 1.29 is 19.4 Å². The van der Waals surface area contributed by atoms with Gasteiger partial charge in [-0.1, -0.05) is 29.8 Å². The van der Waals surface area contributed by atoms with Crippen LogP contribution in [0.15, 0.2) is 48.5 Å². The normalized spacial score (nSPS) is 10.8. The number of hydrogen-bond donors (Lipinski definition) is 1. The lowest BCUT2D eigenvalue weighted by atomic mass is 10.1. The zero-order chi connectivity index (χ0) is 18.0. The minimum Gasteiger partial charge on any atom is -0.487 e. The molecule has 3 aromatic rings. The number of halogens is 1. The molecule has 5 nitrogen and oxygen atoms in total. The molecule has 0 aliphatic rings. The Morgan fingerprint density at radius 2 is 1.80 bits per heavy atom. The summed E-state index contributed by atoms with van der Waals surface area (Å²) < 4.78 is 7.67. The van der Waals surface area contributed by atoms with Crippen molar-refractivity contribution in [1.29, 1.82) is 0 Å². The number of carbonyl (C=O) groups is 2. The predicted molar refractivity (Wildman–Crippen MR) is 95.4 cm³/mol. The number of carboxylic acids is 1. The third-order valence-corrected chi connectivity index (χ3v) is 4.26. The zero-order valence-electron chi connectivity index (χ0n) is 13.5. The second-order valence-corrected chi connectivity index (χ2v) is 5.90. The van der Waals surface area contributed by atoms with E-state index in [-0.39, 0.29) is 12.2 Å². The lowest BCUT2D eigenvalue weighted by Gasteiger charge is -2.11. The van der Waals surface area contributed by atoms with Crippen molar-refractivity contribution >= 4 is 34.3 Å². The van der Waals surface area contributed by atoms with Gasteiger partial charge in [0.15, 0.2) is 0 Å². The fourth-order valence-electron chi connectivity index (χ4n) is 2.91. The SMILES string of the molecule is CCn1c(COc2ccc(Cl)cc2)c(C(=O)C(=O)O)c2ccccc21. The number of nitrogens with zero attached hydrogens (tertiary/aromatic N) is 1. The van der Waals surface area contributed by atoms with E-state index in [2.05, 4.69) is 0 Å². The Morgan fingerprint density at radius 1 is 1.12 bits per heavy atom. The highest BCUT2D eigenvalue weighted by atomic mass is 35.5. The summed E-state index contributed by atoms with van der Waals surface area (Å²) in [5.41, 5.74) is 1.54. The van der Waals surface area contributed by atoms with Crippen LogP contribution in [-0.2, 0) is 17.9 Å². The number of fused-ring (bicyclic) bond motifs is 1. The van der Waals surface area contributed by atoms with Gasteiger partial charge < -0.3 is 14.4 Å². The van der Waals surface area contributed by atoms with Crippen LogP contribution in [0.1, 0.15) is 23.0 Å². The highest BCUT2D eigenvalue weighted by Gasteiger charge is 2.26. The lowest BCUT2D eigenvalue weighted by Crippen LogP contribution is -2.16. The third-order valence-electron chi connectivity index (χ3n) is 4.01. The molecule has 1 N–H and O–H groups in total. The molecule has 0 atom stereocenters. The molecule has 25 heavy (non-hydrogen) atoms. The standard InChI is InChI=1S/C19H16ClNO4/c1-2-21-15-6-4-3-5-14(15)17(18(22)19(23)24)16(21)11-25-13-9-7-12(20)8-10-13/h3-10H,2,11H2,1H3,(H,23,24). The van der Waals surface area contributed by atoms with Crippen molar-refractivity contribution in [2.24, 2.45) is 0 Å². The summed E-state index contributed by atoms with van der Waals surface area (Å²) in [7, 11) is 0. The largest absolute Gasteiger partial charge is 0.487 e. The van der Waals surface area contributed by atoms with Crippen LogP contribution in [0.2, 0.25) is 5.02 Å². The van der Waals surface area contributed by atoms with Crippen LogP contribution < -0.4 is 4.74 Å². The number of ether oxygens (including phenoxy) is 1. The van der Waals surface area contributed by atoms with E-state index in [1.165, 1.54) is 0 Å². The molecular formula is C19H16ClNO4. The van der Waals surface area contributed by atoms with Crippen molar-refractivity contribution in [3.8, 4) is 5.75 Å². The van der Waals surface area contributed by atoms with E-state index >= 15 is 0 Å². The van der Waals surface area contributed by atoms with E-state index in [1.54, 1.807) is 36.4 Å². The summed E-state index contributed by atoms with van der Waals surface area (Å²) in [6.07, 6.45) is 0. The summed E-state index contributed by atoms with van der Waals surface area (Å²) in [5, 5.41) is 10.4. The Balaban J connectivity index is 2.08. The number of ketones is 1. The molecule has 0 saturated carbocycles. The first-order valence-corrected chi connectivity index (χ1v) is 8.16. The van der Waals surface area contributed by atoms with Gasteiger partial charge in [0.25, 0.3) is 5.78 Å². The molecule has 1 heterocycles. The number of para-hydroxylation sites is 1. The molecule has 0 aliphatic heterocycles. The van der Waals surface area contributed by atoms with E-state index in [1.807, 2.05) is 23.6 Å². The van der Waals surface area contributed by atoms with Gasteiger partial charge in [0.1, 0.15) is 12.4 Å². The predicted octanol–water partition coefficient (Wildman–Crippen LogP) is 4.16. The van der Waals surface area contributed by atoms with Gasteiger partial charge in [-0.05, 0) is 37.3 Å². The summed E-state index contributed by atoms with van der Waals surface area (Å²) in [6, 6.07) is 14.1. The number of aryl methyl sites for hydroxylation is 1. The Morgan fingerprint density at radius 3 is 2.44 bits per heavy atom. The first kappa shape index (κ1) is 17.0. The summed E-state index contributed by atoms with van der Waals surface area (Å²) in [5.74, 6) is -1.82. The number of carbonyl (C=O) groups excluding carboxylic acids is 1. The van der Waals surface area contributed by atoms with Crippen molar-refractivity contribution in [2.45, 2.75) is 20.1 Å². The van der Waals surface area contributed by atoms with E-state index in [4.69, 9.17) is 16.3 Å². The first-order chi connectivity index (χ1) is 12.0. The molecule has 0 saturated heterocycles. The van der Waals surface area contributed by atoms with E-state index < -0.39 is 11.8 Å². The molecular weight excluding hydrogens is 342 g/mol. The van der Waals surface area contributed by atoms with Crippen LogP contribution in [0.5, 0.6) is 5.75 Å². The topological polar surface area (TPSA) is 68.5 Å². The lowest BCUT2D eigenvalue weighted by molar-refractivity contribution is -0.131. The van der Waals surface area contributed by atoms with Crippen molar-refractivity contribution in [2.75, 3.05) is 0 Å². The molecule has 0 spiro atoms. The maximum Gasteiger partial charge on any atom is 0.377 e. The maximum absolute atomic E-state index is 12.3. The maximum atomic E-state index is 12.3. The first-order valence-electron chi connectivity index (χ1n) is 7.79. The quantitative estimate of drug-likeness (QED) is 0.531. The van der Waals surface area contributed by atoms with Crippen LogP contribution in [-0.4, -0.2) is 21.4 Å². The number of hydrogen-bond acceptors (Lipinski definition) is 3. The molecule has 0 bridgehead atoms. The fraction of sp³-hybridized carbons (Fsp3) is 0.158.